The molecule has 116 valence electrons. The Labute approximate surface area is 120 Å². The Bertz CT molecular complexity index is 455. The lowest BCUT2D eigenvalue weighted by atomic mass is 10.3. The number of morpholine rings is 1. The molecule has 7 heteroatoms. The van der Waals surface area contributed by atoms with Gasteiger partial charge in [-0.1, -0.05) is 6.92 Å². The molecular weight excluding hydrogens is 280 g/mol. The van der Waals surface area contributed by atoms with E-state index < -0.39 is 10.0 Å². The first-order valence-corrected chi connectivity index (χ1v) is 8.81. The monoisotopic (exact) mass is 304 g/mol. The number of nitrogens with one attached hydrogen (secondary N) is 1. The van der Waals surface area contributed by atoms with Crippen LogP contribution >= 0.6 is 0 Å². The third-order valence-electron chi connectivity index (χ3n) is 3.88. The number of hydrogen-bond acceptors (Lipinski definition) is 4. The van der Waals surface area contributed by atoms with Crippen LogP contribution in [-0.4, -0.2) is 56.2 Å². The van der Waals surface area contributed by atoms with Gasteiger partial charge >= 0.3 is 0 Å². The van der Waals surface area contributed by atoms with Crippen LogP contribution in [0.25, 0.3) is 0 Å². The van der Waals surface area contributed by atoms with Crippen molar-refractivity contribution in [3.63, 3.8) is 0 Å². The Morgan fingerprint density at radius 1 is 1.25 bits per heavy atom. The summed E-state index contributed by atoms with van der Waals surface area (Å²) in [6.45, 7) is 6.73. The standard InChI is InChI=1S/C13H24N2O4S/c1-9-6-12(9)13(16)14-4-5-20(17,18)15-7-10(2)19-11(3)8-15/h9-12H,4-8H2,1-3H3,(H,14,16)/t9-,10-,11+,12+/m0/s1. The molecule has 20 heavy (non-hydrogen) atoms. The quantitative estimate of drug-likeness (QED) is 0.787. The normalized spacial score (nSPS) is 34.8. The molecule has 1 heterocycles. The van der Waals surface area contributed by atoms with Gasteiger partial charge in [-0.3, -0.25) is 4.79 Å². The summed E-state index contributed by atoms with van der Waals surface area (Å²) in [7, 11) is -3.33. The van der Waals surface area contributed by atoms with E-state index in [1.54, 1.807) is 0 Å². The van der Waals surface area contributed by atoms with Crippen molar-refractivity contribution in [1.82, 2.24) is 9.62 Å². The maximum atomic E-state index is 12.2. The molecule has 0 radical (unpaired) electrons. The topological polar surface area (TPSA) is 75.7 Å². The summed E-state index contributed by atoms with van der Waals surface area (Å²) in [4.78, 5) is 11.6. The van der Waals surface area contributed by atoms with E-state index in [4.69, 9.17) is 4.74 Å². The van der Waals surface area contributed by atoms with Gasteiger partial charge in [0.25, 0.3) is 0 Å². The lowest BCUT2D eigenvalue weighted by Gasteiger charge is -2.34. The molecule has 1 aliphatic carbocycles. The van der Waals surface area contributed by atoms with Gasteiger partial charge in [-0.15, -0.1) is 0 Å². The number of rotatable bonds is 5. The minimum Gasteiger partial charge on any atom is -0.373 e. The van der Waals surface area contributed by atoms with Crippen LogP contribution in [0, 0.1) is 11.8 Å². The molecule has 1 amide bonds. The second-order valence-corrected chi connectivity index (χ2v) is 8.09. The largest absolute Gasteiger partial charge is 0.373 e. The van der Waals surface area contributed by atoms with Crippen LogP contribution in [0.5, 0.6) is 0 Å². The number of hydrogen-bond donors (Lipinski definition) is 1. The third kappa shape index (κ3) is 3.93. The van der Waals surface area contributed by atoms with Gasteiger partial charge in [0.15, 0.2) is 0 Å². The Kier molecular flexibility index (Phi) is 4.71. The highest BCUT2D eigenvalue weighted by atomic mass is 32.2. The Hall–Kier alpha value is -0.660. The zero-order valence-electron chi connectivity index (χ0n) is 12.3. The highest BCUT2D eigenvalue weighted by molar-refractivity contribution is 7.89. The molecule has 0 aromatic rings. The van der Waals surface area contributed by atoms with E-state index in [1.165, 1.54) is 4.31 Å². The fraction of sp³-hybridized carbons (Fsp3) is 0.923. The van der Waals surface area contributed by atoms with E-state index in [0.29, 0.717) is 19.0 Å². The molecule has 1 saturated carbocycles. The SMILES string of the molecule is C[C@@H]1CN(S(=O)(=O)CCNC(=O)[C@@H]2C[C@@H]2C)C[C@H](C)O1. The zero-order valence-corrected chi connectivity index (χ0v) is 13.1. The first kappa shape index (κ1) is 15.7. The molecule has 2 rings (SSSR count). The van der Waals surface area contributed by atoms with Gasteiger partial charge in [-0.2, -0.15) is 4.31 Å². The summed E-state index contributed by atoms with van der Waals surface area (Å²) in [5, 5.41) is 2.72. The first-order chi connectivity index (χ1) is 9.29. The number of carbonyl (C=O) groups is 1. The van der Waals surface area contributed by atoms with Crippen LogP contribution in [0.15, 0.2) is 0 Å². The lowest BCUT2D eigenvalue weighted by molar-refractivity contribution is -0.122. The van der Waals surface area contributed by atoms with E-state index in [2.05, 4.69) is 5.32 Å². The molecule has 0 aromatic heterocycles. The number of sulfonamides is 1. The minimum atomic E-state index is -3.33. The summed E-state index contributed by atoms with van der Waals surface area (Å²) in [5.74, 6) is 0.462. The van der Waals surface area contributed by atoms with Crippen molar-refractivity contribution in [3.8, 4) is 0 Å². The van der Waals surface area contributed by atoms with Crippen molar-refractivity contribution < 1.29 is 17.9 Å². The van der Waals surface area contributed by atoms with E-state index in [0.717, 1.165) is 6.42 Å². The molecule has 0 aromatic carbocycles. The maximum absolute atomic E-state index is 12.2. The summed E-state index contributed by atoms with van der Waals surface area (Å²) in [6, 6.07) is 0. The first-order valence-electron chi connectivity index (χ1n) is 7.20. The predicted octanol–water partition coefficient (Wildman–Crippen LogP) is 0.198. The smallest absolute Gasteiger partial charge is 0.223 e. The zero-order chi connectivity index (χ0) is 14.9. The number of ether oxygens (including phenoxy) is 1. The fourth-order valence-electron chi connectivity index (χ4n) is 2.61. The molecule has 1 N–H and O–H groups in total. The van der Waals surface area contributed by atoms with Gasteiger partial charge < -0.3 is 10.1 Å². The Morgan fingerprint density at radius 2 is 1.80 bits per heavy atom. The molecule has 0 bridgehead atoms. The van der Waals surface area contributed by atoms with E-state index in [-0.39, 0.29) is 36.3 Å². The van der Waals surface area contributed by atoms with Crippen LogP contribution < -0.4 is 5.32 Å². The van der Waals surface area contributed by atoms with Gasteiger partial charge in [-0.25, -0.2) is 8.42 Å². The second-order valence-electron chi connectivity index (χ2n) is 6.00. The molecule has 0 spiro atoms. The fourth-order valence-corrected chi connectivity index (χ4v) is 4.10. The van der Waals surface area contributed by atoms with Gasteiger partial charge in [0, 0.05) is 25.6 Å². The van der Waals surface area contributed by atoms with Crippen LogP contribution in [0.4, 0.5) is 0 Å². The highest BCUT2D eigenvalue weighted by Crippen LogP contribution is 2.37. The molecule has 1 saturated heterocycles. The minimum absolute atomic E-state index is 0.0172. The van der Waals surface area contributed by atoms with Crippen molar-refractivity contribution in [2.45, 2.75) is 39.4 Å². The molecule has 4 atom stereocenters. The molecule has 1 aliphatic heterocycles. The lowest BCUT2D eigenvalue weighted by Crippen LogP contribution is -2.49. The van der Waals surface area contributed by atoms with Crippen LogP contribution in [0.3, 0.4) is 0 Å². The second kappa shape index (κ2) is 5.99. The molecule has 6 nitrogen and oxygen atoms in total. The van der Waals surface area contributed by atoms with Gasteiger partial charge in [0.1, 0.15) is 0 Å². The number of carbonyl (C=O) groups excluding carboxylic acids is 1. The predicted molar refractivity (Wildman–Crippen MR) is 75.6 cm³/mol. The van der Waals surface area contributed by atoms with E-state index in [9.17, 15) is 13.2 Å². The van der Waals surface area contributed by atoms with Gasteiger partial charge in [0.2, 0.25) is 15.9 Å². The molecule has 2 fully saturated rings. The summed E-state index contributed by atoms with van der Waals surface area (Å²) in [6.07, 6.45) is 0.739. The average molecular weight is 304 g/mol. The number of amides is 1. The highest BCUT2D eigenvalue weighted by Gasteiger charge is 2.39. The van der Waals surface area contributed by atoms with Crippen molar-refractivity contribution >= 4 is 15.9 Å². The van der Waals surface area contributed by atoms with Crippen molar-refractivity contribution in [2.75, 3.05) is 25.4 Å². The van der Waals surface area contributed by atoms with Crippen LogP contribution in [0.1, 0.15) is 27.2 Å². The van der Waals surface area contributed by atoms with Crippen molar-refractivity contribution in [3.05, 3.63) is 0 Å². The van der Waals surface area contributed by atoms with Crippen molar-refractivity contribution in [2.24, 2.45) is 11.8 Å². The average Bonchev–Trinajstić information content (AvgIpc) is 3.05. The summed E-state index contributed by atoms with van der Waals surface area (Å²) >= 11 is 0. The molecule has 0 unspecified atom stereocenters. The van der Waals surface area contributed by atoms with Gasteiger partial charge in [0.05, 0.1) is 18.0 Å². The Balaban J connectivity index is 1.80. The van der Waals surface area contributed by atoms with Crippen LogP contribution in [0.2, 0.25) is 0 Å². The summed E-state index contributed by atoms with van der Waals surface area (Å²) in [5.41, 5.74) is 0. The van der Waals surface area contributed by atoms with Gasteiger partial charge in [-0.05, 0) is 26.2 Å². The summed E-state index contributed by atoms with van der Waals surface area (Å²) < 4.78 is 31.5. The molecular formula is C13H24N2O4S. The Morgan fingerprint density at radius 3 is 2.30 bits per heavy atom. The maximum Gasteiger partial charge on any atom is 0.223 e. The van der Waals surface area contributed by atoms with E-state index in [1.807, 2.05) is 20.8 Å². The van der Waals surface area contributed by atoms with E-state index >= 15 is 0 Å². The van der Waals surface area contributed by atoms with Crippen molar-refractivity contribution in [1.29, 1.82) is 0 Å². The van der Waals surface area contributed by atoms with Crippen LogP contribution in [-0.2, 0) is 19.6 Å². The third-order valence-corrected chi connectivity index (χ3v) is 5.69. The molecule has 2 aliphatic rings. The number of nitrogens with zero attached hydrogens (tertiary/aromatic N) is 1.